The minimum Gasteiger partial charge on any atom is -0.455 e. The topological polar surface area (TPSA) is 57.0 Å². The second-order valence-corrected chi connectivity index (χ2v) is 15.4. The van der Waals surface area contributed by atoms with Gasteiger partial charge in [0.2, 0.25) is 0 Å². The van der Waals surface area contributed by atoms with Crippen molar-refractivity contribution in [2.45, 2.75) is 26.2 Å². The molecule has 0 fully saturated rings. The van der Waals surface area contributed by atoms with Crippen molar-refractivity contribution >= 4 is 65.8 Å². The second kappa shape index (κ2) is 10.8. The molecule has 4 aromatic heterocycles. The zero-order valence-corrected chi connectivity index (χ0v) is 30.5. The van der Waals surface area contributed by atoms with Gasteiger partial charge in [-0.15, -0.1) is 0 Å². The first-order chi connectivity index (χ1) is 26.9. The van der Waals surface area contributed by atoms with Gasteiger partial charge in [0.15, 0.2) is 11.4 Å². The molecule has 0 unspecified atom stereocenters. The van der Waals surface area contributed by atoms with E-state index in [0.29, 0.717) is 5.82 Å². The largest absolute Gasteiger partial charge is 0.455 e. The summed E-state index contributed by atoms with van der Waals surface area (Å²) in [6.45, 7) is 6.82. The summed E-state index contributed by atoms with van der Waals surface area (Å²) in [7, 11) is 0. The summed E-state index contributed by atoms with van der Waals surface area (Å²) in [6.07, 6.45) is 0. The lowest BCUT2D eigenvalue weighted by Crippen LogP contribution is -2.26. The molecule has 0 aliphatic carbocycles. The van der Waals surface area contributed by atoms with E-state index in [4.69, 9.17) is 18.8 Å². The lowest BCUT2D eigenvalue weighted by atomic mass is 9.74. The molecule has 5 heteroatoms. The number of hydrogen-bond acceptors (Lipinski definition) is 4. The average Bonchev–Trinajstić information content (AvgIpc) is 3.90. The van der Waals surface area contributed by atoms with E-state index in [0.717, 1.165) is 88.2 Å². The zero-order valence-electron chi connectivity index (χ0n) is 30.5. The van der Waals surface area contributed by atoms with Crippen LogP contribution in [0.5, 0.6) is 0 Å². The minimum atomic E-state index is -0.240. The molecular formula is C50H33N3O2. The summed E-state index contributed by atoms with van der Waals surface area (Å²) in [4.78, 5) is 10.5. The van der Waals surface area contributed by atoms with Crippen molar-refractivity contribution < 1.29 is 8.83 Å². The van der Waals surface area contributed by atoms with E-state index >= 15 is 0 Å². The molecule has 12 rings (SSSR count). The van der Waals surface area contributed by atoms with Crippen molar-refractivity contribution in [1.29, 1.82) is 0 Å². The van der Waals surface area contributed by atoms with Gasteiger partial charge in [0.25, 0.3) is 0 Å². The van der Waals surface area contributed by atoms with Crippen LogP contribution < -0.4 is 0 Å². The van der Waals surface area contributed by atoms with Crippen molar-refractivity contribution in [3.05, 3.63) is 162 Å². The lowest BCUT2D eigenvalue weighted by Gasteiger charge is -2.35. The Balaban J connectivity index is 1.03. The first kappa shape index (κ1) is 30.5. The monoisotopic (exact) mass is 707 g/mol. The molecule has 0 spiro atoms. The number of furan rings is 2. The van der Waals surface area contributed by atoms with Crippen LogP contribution in [0.15, 0.2) is 154 Å². The maximum Gasteiger partial charge on any atom is 0.161 e. The lowest BCUT2D eigenvalue weighted by molar-refractivity contribution is 0.630. The van der Waals surface area contributed by atoms with Crippen LogP contribution in [-0.4, -0.2) is 14.5 Å². The Morgan fingerprint density at radius 1 is 0.527 bits per heavy atom. The predicted octanol–water partition coefficient (Wildman–Crippen LogP) is 13.3. The number of nitrogens with zero attached hydrogens (tertiary/aromatic N) is 3. The number of rotatable bonds is 3. The standard InChI is InChI=1S/C50H33N3O2/c1-28-22-24-35(47-43(28)33-15-5-8-20-41(33)54-47)44-32-14-4-7-19-39(32)51-49(52-44)31-13-10-12-29(26-31)30-23-25-40-38(27-30)50(2,3)37-18-11-17-36-45(37)53(40)46-34-16-6-9-21-42(34)55-48(36)46/h4-27H,1-3H3. The molecule has 1 aliphatic rings. The molecule has 5 nitrogen and oxygen atoms in total. The molecule has 260 valence electrons. The van der Waals surface area contributed by atoms with Crippen LogP contribution in [0.2, 0.25) is 0 Å². The fourth-order valence-electron chi connectivity index (χ4n) is 9.25. The van der Waals surface area contributed by atoms with Gasteiger partial charge >= 0.3 is 0 Å². The van der Waals surface area contributed by atoms with Gasteiger partial charge in [0.1, 0.15) is 22.3 Å². The van der Waals surface area contributed by atoms with E-state index in [2.05, 4.69) is 141 Å². The van der Waals surface area contributed by atoms with Crippen molar-refractivity contribution in [3.63, 3.8) is 0 Å². The van der Waals surface area contributed by atoms with Crippen LogP contribution in [0.25, 0.3) is 105 Å². The Kier molecular flexibility index (Phi) is 5.99. The highest BCUT2D eigenvalue weighted by atomic mass is 16.3. The molecule has 0 bridgehead atoms. The second-order valence-electron chi connectivity index (χ2n) is 15.4. The SMILES string of the molecule is Cc1ccc(-c2nc(-c3cccc(-c4ccc5c(c4)C(C)(C)c4cccc6c7oc8ccccc8c7n-5c46)c3)nc3ccccc23)c2oc3ccccc3c12. The van der Waals surface area contributed by atoms with Gasteiger partial charge in [-0.05, 0) is 89.3 Å². The summed E-state index contributed by atoms with van der Waals surface area (Å²) in [5.74, 6) is 0.677. The highest BCUT2D eigenvalue weighted by Crippen LogP contribution is 2.50. The van der Waals surface area contributed by atoms with E-state index in [1.807, 2.05) is 30.3 Å². The minimum absolute atomic E-state index is 0.240. The molecule has 0 amide bonds. The molecule has 0 atom stereocenters. The summed E-state index contributed by atoms with van der Waals surface area (Å²) < 4.78 is 15.5. The summed E-state index contributed by atoms with van der Waals surface area (Å²) in [6, 6.07) is 51.4. The molecule has 11 aromatic rings. The van der Waals surface area contributed by atoms with Gasteiger partial charge in [0.05, 0.1) is 22.4 Å². The first-order valence-electron chi connectivity index (χ1n) is 18.8. The Hall–Kier alpha value is -6.98. The highest BCUT2D eigenvalue weighted by Gasteiger charge is 2.36. The third-order valence-electron chi connectivity index (χ3n) is 11.9. The molecule has 55 heavy (non-hydrogen) atoms. The average molecular weight is 708 g/mol. The fraction of sp³-hybridized carbons (Fsp3) is 0.0800. The molecule has 7 aromatic carbocycles. The van der Waals surface area contributed by atoms with Gasteiger partial charge in [-0.2, -0.15) is 0 Å². The van der Waals surface area contributed by atoms with E-state index in [1.54, 1.807) is 0 Å². The molecule has 0 radical (unpaired) electrons. The number of aromatic nitrogens is 3. The Labute approximate surface area is 316 Å². The van der Waals surface area contributed by atoms with Gasteiger partial charge in [-0.1, -0.05) is 105 Å². The Morgan fingerprint density at radius 3 is 2.09 bits per heavy atom. The first-order valence-corrected chi connectivity index (χ1v) is 18.8. The smallest absolute Gasteiger partial charge is 0.161 e. The van der Waals surface area contributed by atoms with Gasteiger partial charge in [-0.25, -0.2) is 9.97 Å². The molecular weight excluding hydrogens is 675 g/mol. The number of fused-ring (bicyclic) bond motifs is 11. The summed E-state index contributed by atoms with van der Waals surface area (Å²) in [5, 5.41) is 5.51. The maximum absolute atomic E-state index is 6.56. The van der Waals surface area contributed by atoms with Crippen molar-refractivity contribution in [3.8, 4) is 39.5 Å². The van der Waals surface area contributed by atoms with Crippen molar-refractivity contribution in [2.24, 2.45) is 0 Å². The number of para-hydroxylation sites is 4. The number of hydrogen-bond donors (Lipinski definition) is 0. The molecule has 0 saturated heterocycles. The molecule has 5 heterocycles. The van der Waals surface area contributed by atoms with Crippen LogP contribution in [-0.2, 0) is 5.41 Å². The highest BCUT2D eigenvalue weighted by molar-refractivity contribution is 6.18. The van der Waals surface area contributed by atoms with Crippen LogP contribution >= 0.6 is 0 Å². The Morgan fingerprint density at radius 2 is 1.22 bits per heavy atom. The van der Waals surface area contributed by atoms with Gasteiger partial charge in [-0.3, -0.25) is 0 Å². The zero-order chi connectivity index (χ0) is 36.6. The van der Waals surface area contributed by atoms with Crippen molar-refractivity contribution in [2.75, 3.05) is 0 Å². The van der Waals surface area contributed by atoms with Gasteiger partial charge < -0.3 is 13.4 Å². The van der Waals surface area contributed by atoms with Crippen LogP contribution in [0.1, 0.15) is 30.5 Å². The third kappa shape index (κ3) is 4.12. The summed E-state index contributed by atoms with van der Waals surface area (Å²) >= 11 is 0. The normalized spacial score (nSPS) is 13.5. The van der Waals surface area contributed by atoms with Gasteiger partial charge in [0, 0.05) is 43.5 Å². The summed E-state index contributed by atoms with van der Waals surface area (Å²) in [5.41, 5.74) is 16.6. The van der Waals surface area contributed by atoms with E-state index in [-0.39, 0.29) is 5.41 Å². The van der Waals surface area contributed by atoms with E-state index in [9.17, 15) is 0 Å². The van der Waals surface area contributed by atoms with Crippen molar-refractivity contribution in [1.82, 2.24) is 14.5 Å². The van der Waals surface area contributed by atoms with E-state index < -0.39 is 0 Å². The third-order valence-corrected chi connectivity index (χ3v) is 11.9. The fourth-order valence-corrected chi connectivity index (χ4v) is 9.25. The van der Waals surface area contributed by atoms with Crippen LogP contribution in [0, 0.1) is 6.92 Å². The molecule has 1 aliphatic heterocycles. The molecule has 0 N–H and O–H groups in total. The predicted molar refractivity (Wildman–Crippen MR) is 224 cm³/mol. The Bertz CT molecular complexity index is 3430. The van der Waals surface area contributed by atoms with Crippen LogP contribution in [0.4, 0.5) is 0 Å². The quantitative estimate of drug-likeness (QED) is 0.183. The van der Waals surface area contributed by atoms with Crippen LogP contribution in [0.3, 0.4) is 0 Å². The maximum atomic E-state index is 6.56. The number of benzene rings is 7. The molecule has 0 saturated carbocycles. The van der Waals surface area contributed by atoms with E-state index in [1.165, 1.54) is 27.9 Å². The number of aryl methyl sites for hydroxylation is 1.